The Labute approximate surface area is 172 Å². The van der Waals surface area contributed by atoms with Gasteiger partial charge in [-0.25, -0.2) is 8.42 Å². The fraction of sp³-hybridized carbons (Fsp3) is 0.611. The molecule has 10 heteroatoms. The number of carbonyl (C=O) groups is 1. The van der Waals surface area contributed by atoms with Crippen molar-refractivity contribution in [2.45, 2.75) is 17.7 Å². The fourth-order valence-electron chi connectivity index (χ4n) is 3.39. The van der Waals surface area contributed by atoms with Gasteiger partial charge in [-0.3, -0.25) is 4.79 Å². The Balaban J connectivity index is 0.00000280. The highest BCUT2D eigenvalue weighted by atomic mass is 35.5. The molecule has 1 amide bonds. The first kappa shape index (κ1) is 22.9. The van der Waals surface area contributed by atoms with E-state index in [1.807, 2.05) is 0 Å². The molecular formula is C18H28ClN3O5S. The summed E-state index contributed by atoms with van der Waals surface area (Å²) in [5.74, 6) is 0.417. The second-order valence-electron chi connectivity index (χ2n) is 6.80. The van der Waals surface area contributed by atoms with E-state index in [0.717, 1.165) is 25.9 Å². The van der Waals surface area contributed by atoms with E-state index in [1.165, 1.54) is 29.6 Å². The molecule has 158 valence electrons. The van der Waals surface area contributed by atoms with E-state index >= 15 is 0 Å². The largest absolute Gasteiger partial charge is 0.496 e. The highest BCUT2D eigenvalue weighted by molar-refractivity contribution is 7.89. The predicted octanol–water partition coefficient (Wildman–Crippen LogP) is 0.867. The van der Waals surface area contributed by atoms with Gasteiger partial charge in [0.05, 0.1) is 30.8 Å². The Morgan fingerprint density at radius 1 is 1.36 bits per heavy atom. The van der Waals surface area contributed by atoms with Crippen molar-refractivity contribution in [2.75, 3.05) is 53.0 Å². The normalized spacial score (nSPS) is 20.8. The Kier molecular flexibility index (Phi) is 8.51. The number of amides is 1. The quantitative estimate of drug-likeness (QED) is 0.690. The van der Waals surface area contributed by atoms with Gasteiger partial charge in [-0.05, 0) is 50.0 Å². The first-order valence-corrected chi connectivity index (χ1v) is 10.7. The van der Waals surface area contributed by atoms with E-state index < -0.39 is 10.0 Å². The lowest BCUT2D eigenvalue weighted by Gasteiger charge is -2.26. The first-order valence-electron chi connectivity index (χ1n) is 9.27. The minimum absolute atomic E-state index is 0. The van der Waals surface area contributed by atoms with Crippen molar-refractivity contribution in [1.82, 2.24) is 14.9 Å². The summed E-state index contributed by atoms with van der Waals surface area (Å²) in [5, 5.41) is 6.23. The third-order valence-corrected chi connectivity index (χ3v) is 6.87. The van der Waals surface area contributed by atoms with Crippen LogP contribution in [0.15, 0.2) is 23.1 Å². The Bertz CT molecular complexity index is 762. The summed E-state index contributed by atoms with van der Waals surface area (Å²) in [7, 11) is -2.21. The SMILES string of the molecule is COc1ccc(S(=O)(=O)N2CCOCC2)cc1C(=O)NCC1CCCNC1.Cl. The van der Waals surface area contributed by atoms with E-state index in [2.05, 4.69) is 10.6 Å². The standard InChI is InChI=1S/C18H27N3O5S.ClH/c1-25-17-5-4-15(27(23,24)21-7-9-26-10-8-21)11-16(17)18(22)20-13-14-3-2-6-19-12-14;/h4-5,11,14,19H,2-3,6-10,12-13H2,1H3,(H,20,22);1H. The molecule has 0 saturated carbocycles. The number of hydrogen-bond acceptors (Lipinski definition) is 6. The van der Waals surface area contributed by atoms with Gasteiger partial charge in [0.1, 0.15) is 5.75 Å². The average molecular weight is 434 g/mol. The molecule has 1 aromatic rings. The van der Waals surface area contributed by atoms with Gasteiger partial charge in [-0.1, -0.05) is 0 Å². The van der Waals surface area contributed by atoms with Crippen LogP contribution in [0.25, 0.3) is 0 Å². The average Bonchev–Trinajstić information content (AvgIpc) is 2.73. The minimum Gasteiger partial charge on any atom is -0.496 e. The molecule has 1 unspecified atom stereocenters. The molecule has 2 aliphatic heterocycles. The lowest BCUT2D eigenvalue weighted by atomic mass is 9.99. The van der Waals surface area contributed by atoms with Crippen molar-refractivity contribution in [1.29, 1.82) is 0 Å². The molecule has 3 rings (SSSR count). The Morgan fingerprint density at radius 2 is 2.11 bits per heavy atom. The molecule has 1 aromatic carbocycles. The summed E-state index contributed by atoms with van der Waals surface area (Å²) in [5.41, 5.74) is 0.232. The Morgan fingerprint density at radius 3 is 2.75 bits per heavy atom. The van der Waals surface area contributed by atoms with Crippen LogP contribution in [0, 0.1) is 5.92 Å². The molecule has 0 radical (unpaired) electrons. The third kappa shape index (κ3) is 5.36. The number of halogens is 1. The van der Waals surface area contributed by atoms with Crippen molar-refractivity contribution in [2.24, 2.45) is 5.92 Å². The second kappa shape index (κ2) is 10.4. The van der Waals surface area contributed by atoms with E-state index in [4.69, 9.17) is 9.47 Å². The second-order valence-corrected chi connectivity index (χ2v) is 8.74. The summed E-state index contributed by atoms with van der Waals surface area (Å²) < 4.78 is 37.6. The smallest absolute Gasteiger partial charge is 0.255 e. The van der Waals surface area contributed by atoms with Crippen molar-refractivity contribution in [3.8, 4) is 5.75 Å². The van der Waals surface area contributed by atoms with Gasteiger partial charge in [0, 0.05) is 19.6 Å². The van der Waals surface area contributed by atoms with Gasteiger partial charge in [0.2, 0.25) is 10.0 Å². The molecule has 0 spiro atoms. The number of morpholine rings is 1. The van der Waals surface area contributed by atoms with Gasteiger partial charge < -0.3 is 20.1 Å². The van der Waals surface area contributed by atoms with Crippen LogP contribution in [0.3, 0.4) is 0 Å². The van der Waals surface area contributed by atoms with Crippen LogP contribution in [0.2, 0.25) is 0 Å². The molecule has 0 aliphatic carbocycles. The maximum Gasteiger partial charge on any atom is 0.255 e. The number of methoxy groups -OCH3 is 1. The van der Waals surface area contributed by atoms with Gasteiger partial charge >= 0.3 is 0 Å². The minimum atomic E-state index is -3.67. The lowest BCUT2D eigenvalue weighted by Crippen LogP contribution is -2.40. The molecule has 2 N–H and O–H groups in total. The zero-order chi connectivity index (χ0) is 19.3. The molecule has 2 aliphatic rings. The summed E-state index contributed by atoms with van der Waals surface area (Å²) in [6.07, 6.45) is 2.16. The van der Waals surface area contributed by atoms with Crippen LogP contribution in [0.4, 0.5) is 0 Å². The molecule has 1 atom stereocenters. The van der Waals surface area contributed by atoms with Crippen molar-refractivity contribution in [3.63, 3.8) is 0 Å². The number of nitrogens with one attached hydrogen (secondary N) is 2. The third-order valence-electron chi connectivity index (χ3n) is 4.97. The number of piperidine rings is 1. The maximum absolute atomic E-state index is 12.9. The molecule has 8 nitrogen and oxygen atoms in total. The Hall–Kier alpha value is -1.39. The number of carbonyl (C=O) groups excluding carboxylic acids is 1. The molecular weight excluding hydrogens is 406 g/mol. The number of nitrogens with zero attached hydrogens (tertiary/aromatic N) is 1. The van der Waals surface area contributed by atoms with Crippen LogP contribution >= 0.6 is 12.4 Å². The molecule has 28 heavy (non-hydrogen) atoms. The topological polar surface area (TPSA) is 97.0 Å². The van der Waals surface area contributed by atoms with E-state index in [9.17, 15) is 13.2 Å². The van der Waals surface area contributed by atoms with Crippen LogP contribution in [0.1, 0.15) is 23.2 Å². The summed E-state index contributed by atoms with van der Waals surface area (Å²) in [6, 6.07) is 4.41. The van der Waals surface area contributed by atoms with E-state index in [0.29, 0.717) is 44.5 Å². The predicted molar refractivity (Wildman–Crippen MR) is 108 cm³/mol. The van der Waals surface area contributed by atoms with Crippen LogP contribution in [-0.2, 0) is 14.8 Å². The van der Waals surface area contributed by atoms with Gasteiger partial charge in [-0.15, -0.1) is 12.4 Å². The van der Waals surface area contributed by atoms with Gasteiger partial charge in [-0.2, -0.15) is 4.31 Å². The zero-order valence-electron chi connectivity index (χ0n) is 16.0. The fourth-order valence-corrected chi connectivity index (χ4v) is 4.83. The summed E-state index contributed by atoms with van der Waals surface area (Å²) in [4.78, 5) is 12.8. The van der Waals surface area contributed by atoms with Crippen LogP contribution < -0.4 is 15.4 Å². The highest BCUT2D eigenvalue weighted by Crippen LogP contribution is 2.25. The number of ether oxygens (including phenoxy) is 2. The summed E-state index contributed by atoms with van der Waals surface area (Å²) >= 11 is 0. The first-order chi connectivity index (χ1) is 13.0. The van der Waals surface area contributed by atoms with Crippen molar-refractivity contribution >= 4 is 28.3 Å². The van der Waals surface area contributed by atoms with Gasteiger partial charge in [0.15, 0.2) is 0 Å². The van der Waals surface area contributed by atoms with Crippen molar-refractivity contribution in [3.05, 3.63) is 23.8 Å². The number of hydrogen-bond donors (Lipinski definition) is 2. The zero-order valence-corrected chi connectivity index (χ0v) is 17.6. The number of benzene rings is 1. The number of sulfonamides is 1. The van der Waals surface area contributed by atoms with E-state index in [1.54, 1.807) is 0 Å². The van der Waals surface area contributed by atoms with E-state index in [-0.39, 0.29) is 28.8 Å². The monoisotopic (exact) mass is 433 g/mol. The number of rotatable bonds is 6. The molecule has 2 saturated heterocycles. The summed E-state index contributed by atoms with van der Waals surface area (Å²) in [6.45, 7) is 3.81. The maximum atomic E-state index is 12.9. The molecule has 0 bridgehead atoms. The van der Waals surface area contributed by atoms with Crippen molar-refractivity contribution < 1.29 is 22.7 Å². The van der Waals surface area contributed by atoms with Crippen LogP contribution in [-0.4, -0.2) is 71.7 Å². The van der Waals surface area contributed by atoms with Crippen LogP contribution in [0.5, 0.6) is 5.75 Å². The highest BCUT2D eigenvalue weighted by Gasteiger charge is 2.28. The molecule has 2 fully saturated rings. The molecule has 2 heterocycles. The molecule has 0 aromatic heterocycles. The lowest BCUT2D eigenvalue weighted by molar-refractivity contribution is 0.0730. The van der Waals surface area contributed by atoms with Gasteiger partial charge in [0.25, 0.3) is 5.91 Å².